The number of halogens is 1. The van der Waals surface area contributed by atoms with E-state index in [1.165, 1.54) is 0 Å². The van der Waals surface area contributed by atoms with Crippen LogP contribution in [0, 0.1) is 0 Å². The molecule has 0 atom stereocenters. The zero-order valence-corrected chi connectivity index (χ0v) is 13.5. The average Bonchev–Trinajstić information content (AvgIpc) is 2.47. The first kappa shape index (κ1) is 17.3. The molecule has 0 aliphatic heterocycles. The summed E-state index contributed by atoms with van der Waals surface area (Å²) in [4.78, 5) is 0. The summed E-state index contributed by atoms with van der Waals surface area (Å²) in [5.41, 5.74) is 0.188. The van der Waals surface area contributed by atoms with Gasteiger partial charge in [0.15, 0.2) is 0 Å². The van der Waals surface area contributed by atoms with Crippen LogP contribution < -0.4 is 10.1 Å². The lowest BCUT2D eigenvalue weighted by atomic mass is 9.99. The third kappa shape index (κ3) is 4.97. The van der Waals surface area contributed by atoms with Gasteiger partial charge in [-0.3, -0.25) is 0 Å². The molecule has 0 bridgehead atoms. The molecule has 1 rings (SSSR count). The topological polar surface area (TPSA) is 41.5 Å². The van der Waals surface area contributed by atoms with E-state index in [9.17, 15) is 5.11 Å². The molecule has 0 aliphatic carbocycles. The second-order valence-corrected chi connectivity index (χ2v) is 5.52. The first-order valence-corrected chi connectivity index (χ1v) is 7.77. The van der Waals surface area contributed by atoms with Gasteiger partial charge in [0, 0.05) is 17.1 Å². The fourth-order valence-electron chi connectivity index (χ4n) is 1.90. The Morgan fingerprint density at radius 1 is 1.25 bits per heavy atom. The van der Waals surface area contributed by atoms with Gasteiger partial charge < -0.3 is 15.2 Å². The van der Waals surface area contributed by atoms with Crippen molar-refractivity contribution in [3.63, 3.8) is 0 Å². The van der Waals surface area contributed by atoms with E-state index in [0.717, 1.165) is 24.3 Å². The van der Waals surface area contributed by atoms with E-state index in [1.54, 1.807) is 0 Å². The Morgan fingerprint density at radius 2 is 1.95 bits per heavy atom. The highest BCUT2D eigenvalue weighted by Gasteiger charge is 2.23. The zero-order valence-electron chi connectivity index (χ0n) is 12.7. The molecule has 0 amide bonds. The highest BCUT2D eigenvalue weighted by molar-refractivity contribution is 6.31. The van der Waals surface area contributed by atoms with Crippen LogP contribution in [0.2, 0.25) is 5.02 Å². The van der Waals surface area contributed by atoms with E-state index >= 15 is 0 Å². The van der Waals surface area contributed by atoms with Gasteiger partial charge in [-0.15, -0.1) is 0 Å². The smallest absolute Gasteiger partial charge is 0.125 e. The Morgan fingerprint density at radius 3 is 2.55 bits per heavy atom. The van der Waals surface area contributed by atoms with Gasteiger partial charge in [0.2, 0.25) is 0 Å². The van der Waals surface area contributed by atoms with E-state index in [2.05, 4.69) is 12.2 Å². The van der Waals surface area contributed by atoms with E-state index in [-0.39, 0.29) is 0 Å². The van der Waals surface area contributed by atoms with Gasteiger partial charge in [0.25, 0.3) is 0 Å². The molecule has 1 aromatic rings. The van der Waals surface area contributed by atoms with Crippen molar-refractivity contribution < 1.29 is 9.84 Å². The van der Waals surface area contributed by atoms with E-state index in [1.807, 2.05) is 32.0 Å². The molecule has 0 spiro atoms. The van der Waals surface area contributed by atoms with Crippen molar-refractivity contribution in [1.82, 2.24) is 5.32 Å². The van der Waals surface area contributed by atoms with Crippen LogP contribution in [0.3, 0.4) is 0 Å². The highest BCUT2D eigenvalue weighted by Crippen LogP contribution is 2.27. The number of hydrogen-bond acceptors (Lipinski definition) is 3. The van der Waals surface area contributed by atoms with Crippen LogP contribution in [0.1, 0.15) is 45.6 Å². The maximum atomic E-state index is 10.3. The minimum Gasteiger partial charge on any atom is -0.490 e. The number of benzene rings is 1. The van der Waals surface area contributed by atoms with Crippen LogP contribution in [0.5, 0.6) is 5.75 Å². The number of aliphatic hydroxyl groups is 1. The molecule has 0 saturated carbocycles. The van der Waals surface area contributed by atoms with Crippen LogP contribution >= 0.6 is 11.6 Å². The molecular weight excluding hydrogens is 274 g/mol. The van der Waals surface area contributed by atoms with Crippen molar-refractivity contribution in [2.45, 2.75) is 52.2 Å². The number of nitrogens with one attached hydrogen (secondary N) is 1. The van der Waals surface area contributed by atoms with Crippen molar-refractivity contribution in [3.8, 4) is 5.75 Å². The Labute approximate surface area is 127 Å². The molecule has 0 heterocycles. The van der Waals surface area contributed by atoms with Crippen LogP contribution in [0.15, 0.2) is 18.2 Å². The lowest BCUT2D eigenvalue weighted by molar-refractivity contribution is -0.0116. The summed E-state index contributed by atoms with van der Waals surface area (Å²) >= 11 is 6.24. The first-order chi connectivity index (χ1) is 9.56. The fourth-order valence-corrected chi connectivity index (χ4v) is 2.13. The Bertz CT molecular complexity index is 405. The number of hydrogen-bond donors (Lipinski definition) is 2. The summed E-state index contributed by atoms with van der Waals surface area (Å²) in [5.74, 6) is 0.751. The largest absolute Gasteiger partial charge is 0.490 e. The van der Waals surface area contributed by atoms with Gasteiger partial charge in [0.1, 0.15) is 12.4 Å². The third-order valence-electron chi connectivity index (χ3n) is 3.62. The molecule has 114 valence electrons. The molecule has 0 saturated heterocycles. The molecule has 4 heteroatoms. The van der Waals surface area contributed by atoms with Gasteiger partial charge in [-0.25, -0.2) is 0 Å². The second kappa shape index (κ2) is 8.50. The molecular formula is C16H26ClNO2. The summed E-state index contributed by atoms with van der Waals surface area (Å²) in [6.45, 7) is 7.97. The molecule has 0 aliphatic rings. The normalized spacial score (nSPS) is 11.7. The molecule has 20 heavy (non-hydrogen) atoms. The lowest BCUT2D eigenvalue weighted by Crippen LogP contribution is -2.34. The van der Waals surface area contributed by atoms with E-state index in [4.69, 9.17) is 16.3 Å². The van der Waals surface area contributed by atoms with Crippen LogP contribution in [-0.4, -0.2) is 23.9 Å². The highest BCUT2D eigenvalue weighted by atomic mass is 35.5. The molecule has 3 nitrogen and oxygen atoms in total. The summed E-state index contributed by atoms with van der Waals surface area (Å²) in [6, 6.07) is 5.64. The minimum atomic E-state index is -0.767. The molecule has 0 unspecified atom stereocenters. The van der Waals surface area contributed by atoms with Crippen molar-refractivity contribution in [2.24, 2.45) is 0 Å². The second-order valence-electron chi connectivity index (χ2n) is 5.11. The SMILES string of the molecule is CCCNCc1c(Cl)cccc1OCC(O)(CC)CC. The molecule has 0 aromatic heterocycles. The standard InChI is InChI=1S/C16H26ClNO2/c1-4-10-18-11-13-14(17)8-7-9-15(13)20-12-16(19,5-2)6-3/h7-9,18-19H,4-6,10-12H2,1-3H3. The van der Waals surface area contributed by atoms with Crippen molar-refractivity contribution in [2.75, 3.05) is 13.2 Å². The number of ether oxygens (including phenoxy) is 1. The first-order valence-electron chi connectivity index (χ1n) is 7.39. The van der Waals surface area contributed by atoms with Crippen LogP contribution in [0.25, 0.3) is 0 Å². The maximum Gasteiger partial charge on any atom is 0.125 e. The van der Waals surface area contributed by atoms with E-state index < -0.39 is 5.60 Å². The van der Waals surface area contributed by atoms with Gasteiger partial charge in [-0.05, 0) is 37.9 Å². The van der Waals surface area contributed by atoms with Gasteiger partial charge in [-0.1, -0.05) is 38.4 Å². The Kier molecular flexibility index (Phi) is 7.35. The van der Waals surface area contributed by atoms with Crippen molar-refractivity contribution in [3.05, 3.63) is 28.8 Å². The lowest BCUT2D eigenvalue weighted by Gasteiger charge is -2.26. The van der Waals surface area contributed by atoms with Gasteiger partial charge >= 0.3 is 0 Å². The predicted molar refractivity (Wildman–Crippen MR) is 84.5 cm³/mol. The Balaban J connectivity index is 2.76. The summed E-state index contributed by atoms with van der Waals surface area (Å²) in [6.07, 6.45) is 2.42. The quantitative estimate of drug-likeness (QED) is 0.682. The molecule has 0 fully saturated rings. The Hall–Kier alpha value is -0.770. The van der Waals surface area contributed by atoms with Gasteiger partial charge in [0.05, 0.1) is 5.60 Å². The van der Waals surface area contributed by atoms with Crippen molar-refractivity contribution >= 4 is 11.6 Å². The van der Waals surface area contributed by atoms with E-state index in [0.29, 0.717) is 31.0 Å². The fraction of sp³-hybridized carbons (Fsp3) is 0.625. The molecule has 0 radical (unpaired) electrons. The predicted octanol–water partition coefficient (Wildman–Crippen LogP) is 3.77. The summed E-state index contributed by atoms with van der Waals surface area (Å²) < 4.78 is 5.82. The maximum absolute atomic E-state index is 10.3. The summed E-state index contributed by atoms with van der Waals surface area (Å²) in [7, 11) is 0. The average molecular weight is 300 g/mol. The van der Waals surface area contributed by atoms with Gasteiger partial charge in [-0.2, -0.15) is 0 Å². The molecule has 2 N–H and O–H groups in total. The van der Waals surface area contributed by atoms with Crippen LogP contribution in [0.4, 0.5) is 0 Å². The minimum absolute atomic E-state index is 0.293. The monoisotopic (exact) mass is 299 g/mol. The van der Waals surface area contributed by atoms with Crippen LogP contribution in [-0.2, 0) is 6.54 Å². The zero-order chi connectivity index (χ0) is 15.0. The van der Waals surface area contributed by atoms with Crippen molar-refractivity contribution in [1.29, 1.82) is 0 Å². The number of rotatable bonds is 9. The summed E-state index contributed by atoms with van der Waals surface area (Å²) in [5, 5.41) is 14.3. The molecule has 1 aromatic carbocycles. The third-order valence-corrected chi connectivity index (χ3v) is 3.97.